The Hall–Kier alpha value is -2.57. The Morgan fingerprint density at radius 2 is 1.58 bits per heavy atom. The highest BCUT2D eigenvalue weighted by atomic mass is 16.5. The van der Waals surface area contributed by atoms with Crippen molar-refractivity contribution in [1.82, 2.24) is 0 Å². The lowest BCUT2D eigenvalue weighted by molar-refractivity contribution is -0.433. The molecule has 0 aliphatic rings. The lowest BCUT2D eigenvalue weighted by atomic mass is 10.0. The first-order chi connectivity index (χ1) is 11.4. The Labute approximate surface area is 141 Å². The number of hydrogen-bond acceptors (Lipinski definition) is 5. The molecule has 0 aliphatic carbocycles. The number of carbonyl (C=O) groups is 1. The van der Waals surface area contributed by atoms with Gasteiger partial charge in [0.25, 0.3) is 0 Å². The summed E-state index contributed by atoms with van der Waals surface area (Å²) in [6.07, 6.45) is -0.434. The summed E-state index contributed by atoms with van der Waals surface area (Å²) < 4.78 is 9.75. The lowest BCUT2D eigenvalue weighted by Crippen LogP contribution is -2.61. The van der Waals surface area contributed by atoms with E-state index in [0.717, 1.165) is 5.56 Å². The van der Waals surface area contributed by atoms with Crippen LogP contribution in [0.15, 0.2) is 48.5 Å². The van der Waals surface area contributed by atoms with Gasteiger partial charge in [-0.3, -0.25) is 0 Å². The molecule has 24 heavy (non-hydrogen) atoms. The predicted molar refractivity (Wildman–Crippen MR) is 87.6 cm³/mol. The third-order valence-corrected chi connectivity index (χ3v) is 3.27. The minimum atomic E-state index is -1.25. The van der Waals surface area contributed by atoms with Crippen molar-refractivity contribution in [3.63, 3.8) is 0 Å². The van der Waals surface area contributed by atoms with Gasteiger partial charge in [0.15, 0.2) is 0 Å². The number of aliphatic hydroxyl groups is 1. The van der Waals surface area contributed by atoms with Crippen LogP contribution >= 0.6 is 0 Å². The second kappa shape index (κ2) is 9.54. The zero-order valence-corrected chi connectivity index (χ0v) is 14.1. The first kappa shape index (κ1) is 19.5. The van der Waals surface area contributed by atoms with Gasteiger partial charge in [0.1, 0.15) is 23.6 Å². The molecule has 0 radical (unpaired) electrons. The molecular weight excluding hydrogens is 310 g/mol. The molecule has 0 spiro atoms. The quantitative estimate of drug-likeness (QED) is 0.824. The van der Waals surface area contributed by atoms with Crippen LogP contribution in [0.4, 0.5) is 0 Å². The monoisotopic (exact) mass is 333 g/mol. The number of carboxylic acid groups (broad SMARTS) is 1. The highest BCUT2D eigenvalue weighted by Crippen LogP contribution is 2.21. The number of aromatic carboxylic acids is 1. The van der Waals surface area contributed by atoms with E-state index >= 15 is 0 Å². The Morgan fingerprint density at radius 1 is 1.08 bits per heavy atom. The molecule has 6 nitrogen and oxygen atoms in total. The average Bonchev–Trinajstić information content (AvgIpc) is 2.61. The molecule has 0 saturated carbocycles. The Morgan fingerprint density at radius 3 is 1.96 bits per heavy atom. The van der Waals surface area contributed by atoms with Crippen LogP contribution in [0.2, 0.25) is 0 Å². The van der Waals surface area contributed by atoms with Crippen molar-refractivity contribution in [3.8, 4) is 11.5 Å². The highest BCUT2D eigenvalue weighted by Gasteiger charge is 2.13. The van der Waals surface area contributed by atoms with Crippen LogP contribution in [0.25, 0.3) is 0 Å². The van der Waals surface area contributed by atoms with Crippen molar-refractivity contribution in [2.24, 2.45) is 0 Å². The molecular formula is C18H23NO5. The zero-order valence-electron chi connectivity index (χ0n) is 14.1. The van der Waals surface area contributed by atoms with Crippen LogP contribution in [0.1, 0.15) is 28.9 Å². The number of ether oxygens (including phenoxy) is 2. The first-order valence-corrected chi connectivity index (χ1v) is 7.39. The maximum atomic E-state index is 10.5. The van der Waals surface area contributed by atoms with Gasteiger partial charge in [-0.05, 0) is 24.6 Å². The fourth-order valence-corrected chi connectivity index (χ4v) is 1.90. The largest absolute Gasteiger partial charge is 0.545 e. The maximum Gasteiger partial charge on any atom is 0.130 e. The minimum absolute atomic E-state index is 0.0381. The van der Waals surface area contributed by atoms with Crippen LogP contribution in [0.3, 0.4) is 0 Å². The number of benzene rings is 2. The number of carboxylic acids is 1. The molecule has 0 aliphatic heterocycles. The van der Waals surface area contributed by atoms with E-state index in [1.54, 1.807) is 6.07 Å². The highest BCUT2D eigenvalue weighted by molar-refractivity contribution is 5.86. The number of rotatable bonds is 5. The Bertz CT molecular complexity index is 621. The van der Waals surface area contributed by atoms with Crippen LogP contribution in [-0.4, -0.2) is 31.3 Å². The van der Waals surface area contributed by atoms with Crippen molar-refractivity contribution >= 4 is 5.97 Å². The summed E-state index contributed by atoms with van der Waals surface area (Å²) >= 11 is 0. The van der Waals surface area contributed by atoms with Gasteiger partial charge in [0.2, 0.25) is 0 Å². The maximum absolute atomic E-state index is 10.5. The summed E-state index contributed by atoms with van der Waals surface area (Å²) in [7, 11) is 2.90. The van der Waals surface area contributed by atoms with Gasteiger partial charge in [-0.2, -0.15) is 0 Å². The SMILES string of the molecule is COc1cc(OC)cc(C(=O)[O-])c1.C[C@H]([NH3+])[C@H](O)c1ccccc1. The molecule has 130 valence electrons. The summed E-state index contributed by atoms with van der Waals surface area (Å²) in [6.45, 7) is 1.90. The van der Waals surface area contributed by atoms with E-state index in [0.29, 0.717) is 11.5 Å². The fourth-order valence-electron chi connectivity index (χ4n) is 1.90. The number of aliphatic hydroxyl groups excluding tert-OH is 1. The predicted octanol–water partition coefficient (Wildman–Crippen LogP) is 0.418. The van der Waals surface area contributed by atoms with Crippen LogP contribution in [-0.2, 0) is 0 Å². The Kier molecular flexibility index (Phi) is 7.74. The van der Waals surface area contributed by atoms with E-state index in [1.165, 1.54) is 26.4 Å². The molecule has 0 aromatic heterocycles. The molecule has 2 aromatic carbocycles. The summed E-state index contributed by atoms with van der Waals surface area (Å²) in [5, 5.41) is 20.1. The van der Waals surface area contributed by atoms with Gasteiger partial charge in [-0.15, -0.1) is 0 Å². The second-order valence-corrected chi connectivity index (χ2v) is 5.22. The molecule has 6 heteroatoms. The normalized spacial score (nSPS) is 12.4. The Balaban J connectivity index is 0.000000243. The first-order valence-electron chi connectivity index (χ1n) is 7.39. The number of methoxy groups -OCH3 is 2. The van der Waals surface area contributed by atoms with Crippen LogP contribution < -0.4 is 20.3 Å². The third kappa shape index (κ3) is 5.91. The third-order valence-electron chi connectivity index (χ3n) is 3.27. The summed E-state index contributed by atoms with van der Waals surface area (Å²) in [5.41, 5.74) is 4.74. The van der Waals surface area contributed by atoms with Crippen LogP contribution in [0.5, 0.6) is 11.5 Å². The number of quaternary nitrogens is 1. The van der Waals surface area contributed by atoms with E-state index in [4.69, 9.17) is 9.47 Å². The van der Waals surface area contributed by atoms with Gasteiger partial charge in [-0.25, -0.2) is 0 Å². The molecule has 0 fully saturated rings. The summed E-state index contributed by atoms with van der Waals surface area (Å²) in [5.74, 6) is -0.394. The van der Waals surface area contributed by atoms with E-state index in [9.17, 15) is 15.0 Å². The molecule has 0 bridgehead atoms. The summed E-state index contributed by atoms with van der Waals surface area (Å²) in [6, 6.07) is 14.0. The molecule has 0 heterocycles. The smallest absolute Gasteiger partial charge is 0.130 e. The van der Waals surface area contributed by atoms with Crippen molar-refractivity contribution in [1.29, 1.82) is 0 Å². The zero-order chi connectivity index (χ0) is 18.1. The van der Waals surface area contributed by atoms with Crippen molar-refractivity contribution in [3.05, 3.63) is 59.7 Å². The molecule has 2 aromatic rings. The number of hydrogen-bond donors (Lipinski definition) is 2. The fraction of sp³-hybridized carbons (Fsp3) is 0.278. The van der Waals surface area contributed by atoms with E-state index < -0.39 is 12.1 Å². The van der Waals surface area contributed by atoms with Crippen LogP contribution in [0, 0.1) is 0 Å². The van der Waals surface area contributed by atoms with Gasteiger partial charge < -0.3 is 30.2 Å². The molecule has 4 N–H and O–H groups in total. The summed E-state index contributed by atoms with van der Waals surface area (Å²) in [4.78, 5) is 10.5. The molecule has 0 unspecified atom stereocenters. The van der Waals surface area contributed by atoms with Crippen molar-refractivity contribution in [2.75, 3.05) is 14.2 Å². The standard InChI is InChI=1S/C9H13NO.C9H10O4/c1-7(10)9(11)8-5-3-2-4-6-8;1-12-7-3-6(9(10)11)4-8(5-7)13-2/h2-7,9,11H,10H2,1H3;3-5H,1-2H3,(H,10,11)/t7-,9-;/m0./s1. The minimum Gasteiger partial charge on any atom is -0.545 e. The number of carbonyl (C=O) groups excluding carboxylic acids is 1. The van der Waals surface area contributed by atoms with Gasteiger partial charge in [0.05, 0.1) is 20.2 Å². The van der Waals surface area contributed by atoms with Gasteiger partial charge in [-0.1, -0.05) is 30.3 Å². The van der Waals surface area contributed by atoms with Gasteiger partial charge >= 0.3 is 0 Å². The van der Waals surface area contributed by atoms with Gasteiger partial charge in [0, 0.05) is 11.6 Å². The molecule has 2 atom stereocenters. The van der Waals surface area contributed by atoms with E-state index in [-0.39, 0.29) is 11.6 Å². The molecule has 2 rings (SSSR count). The average molecular weight is 333 g/mol. The lowest BCUT2D eigenvalue weighted by Gasteiger charge is -2.11. The van der Waals surface area contributed by atoms with E-state index in [1.807, 2.05) is 37.3 Å². The van der Waals surface area contributed by atoms with Crippen molar-refractivity contribution in [2.45, 2.75) is 19.1 Å². The van der Waals surface area contributed by atoms with Crippen molar-refractivity contribution < 1.29 is 30.2 Å². The topological polar surface area (TPSA) is 106 Å². The van der Waals surface area contributed by atoms with E-state index in [2.05, 4.69) is 5.73 Å². The second-order valence-electron chi connectivity index (χ2n) is 5.22. The molecule has 0 amide bonds. The molecule has 0 saturated heterocycles.